The van der Waals surface area contributed by atoms with E-state index in [1.165, 1.54) is 12.4 Å². The van der Waals surface area contributed by atoms with Crippen LogP contribution in [0.5, 0.6) is 0 Å². The van der Waals surface area contributed by atoms with Crippen LogP contribution in [0.3, 0.4) is 0 Å². The number of ether oxygens (including phenoxy) is 1. The van der Waals surface area contributed by atoms with Crippen molar-refractivity contribution < 1.29 is 20.1 Å². The Hall–Kier alpha value is -2.92. The summed E-state index contributed by atoms with van der Waals surface area (Å²) in [6.45, 7) is -0.645. The molecule has 3 rings (SSSR count). The van der Waals surface area contributed by atoms with Crippen LogP contribution in [0.25, 0.3) is 5.69 Å². The lowest BCUT2D eigenvalue weighted by Gasteiger charge is -2.18. The molecule has 0 fully saturated rings. The van der Waals surface area contributed by atoms with Gasteiger partial charge in [-0.3, -0.25) is 14.3 Å². The van der Waals surface area contributed by atoms with Crippen LogP contribution >= 0.6 is 0 Å². The van der Waals surface area contributed by atoms with Gasteiger partial charge in [0.05, 0.1) is 12.4 Å². The van der Waals surface area contributed by atoms with E-state index in [1.807, 2.05) is 0 Å². The predicted octanol–water partition coefficient (Wildman–Crippen LogP) is -2.23. The summed E-state index contributed by atoms with van der Waals surface area (Å²) in [4.78, 5) is 25.8. The maximum absolute atomic E-state index is 11.9. The molecule has 4 N–H and O–H groups in total. The van der Waals surface area contributed by atoms with Crippen LogP contribution in [-0.2, 0) is 4.74 Å². The van der Waals surface area contributed by atoms with Crippen LogP contribution in [-0.4, -0.2) is 52.6 Å². The molecule has 2 atom stereocenters. The summed E-state index contributed by atoms with van der Waals surface area (Å²) in [7, 11) is 0. The maximum atomic E-state index is 11.9. The fourth-order valence-electron chi connectivity index (χ4n) is 2.06. The van der Waals surface area contributed by atoms with E-state index >= 15 is 0 Å². The monoisotopic (exact) mass is 309 g/mol. The number of H-pyrrole nitrogens is 1. The Morgan fingerprint density at radius 3 is 2.77 bits per heavy atom. The van der Waals surface area contributed by atoms with E-state index in [4.69, 9.17) is 9.84 Å². The minimum atomic E-state index is -1.56. The van der Waals surface area contributed by atoms with E-state index in [0.717, 1.165) is 15.4 Å². The van der Waals surface area contributed by atoms with E-state index in [-0.39, 0.29) is 11.4 Å². The number of hydrogen-bond donors (Lipinski definition) is 4. The molecule has 0 saturated heterocycles. The summed E-state index contributed by atoms with van der Waals surface area (Å²) in [6.07, 6.45) is 0.952. The summed E-state index contributed by atoms with van der Waals surface area (Å²) in [5.41, 5.74) is -1.60. The molecule has 0 aliphatic carbocycles. The second kappa shape index (κ2) is 5.13. The molecule has 0 radical (unpaired) electrons. The summed E-state index contributed by atoms with van der Waals surface area (Å²) in [6, 6.07) is 0. The summed E-state index contributed by atoms with van der Waals surface area (Å²) in [5, 5.41) is 35.7. The third kappa shape index (κ3) is 2.08. The second-order valence-electron chi connectivity index (χ2n) is 4.45. The van der Waals surface area contributed by atoms with Crippen molar-refractivity contribution in [2.75, 3.05) is 6.61 Å². The molecule has 2 aromatic rings. The molecule has 0 spiro atoms. The van der Waals surface area contributed by atoms with Gasteiger partial charge < -0.3 is 20.1 Å². The van der Waals surface area contributed by atoms with Gasteiger partial charge >= 0.3 is 5.69 Å². The first-order chi connectivity index (χ1) is 10.5. The summed E-state index contributed by atoms with van der Waals surface area (Å²) < 4.78 is 7.14. The minimum Gasteiger partial charge on any atom is -0.506 e. The molecule has 0 saturated carbocycles. The lowest BCUT2D eigenvalue weighted by molar-refractivity contribution is -0.0172. The lowest BCUT2D eigenvalue weighted by Crippen LogP contribution is -2.37. The van der Waals surface area contributed by atoms with E-state index in [2.05, 4.69) is 15.3 Å². The van der Waals surface area contributed by atoms with Gasteiger partial charge in [-0.05, 0) is 0 Å². The molecule has 11 heteroatoms. The van der Waals surface area contributed by atoms with E-state index in [9.17, 15) is 19.8 Å². The molecule has 0 amide bonds. The zero-order valence-electron chi connectivity index (χ0n) is 10.9. The predicted molar refractivity (Wildman–Crippen MR) is 69.1 cm³/mol. The second-order valence-corrected chi connectivity index (χ2v) is 4.45. The van der Waals surface area contributed by atoms with Crippen LogP contribution < -0.4 is 11.2 Å². The molecule has 11 nitrogen and oxygen atoms in total. The van der Waals surface area contributed by atoms with Gasteiger partial charge in [0.1, 0.15) is 12.3 Å². The van der Waals surface area contributed by atoms with Crippen molar-refractivity contribution in [2.45, 2.75) is 12.3 Å². The normalized spacial score (nSPS) is 21.2. The fourth-order valence-corrected chi connectivity index (χ4v) is 2.06. The molecule has 0 aromatic carbocycles. The van der Waals surface area contributed by atoms with Crippen molar-refractivity contribution >= 4 is 0 Å². The average molecular weight is 309 g/mol. The number of aliphatic hydroxyl groups excluding tert-OH is 3. The van der Waals surface area contributed by atoms with Crippen molar-refractivity contribution in [1.82, 2.24) is 24.5 Å². The number of aromatic nitrogens is 5. The van der Waals surface area contributed by atoms with E-state index in [0.29, 0.717) is 0 Å². The zero-order valence-corrected chi connectivity index (χ0v) is 10.9. The highest BCUT2D eigenvalue weighted by atomic mass is 16.5. The Labute approximate surface area is 121 Å². The maximum Gasteiger partial charge on any atom is 0.331 e. The smallest absolute Gasteiger partial charge is 0.331 e. The number of aliphatic hydroxyl groups is 3. The van der Waals surface area contributed by atoms with Gasteiger partial charge in [0.25, 0.3) is 5.56 Å². The Morgan fingerprint density at radius 2 is 2.18 bits per heavy atom. The van der Waals surface area contributed by atoms with Crippen molar-refractivity contribution in [3.05, 3.63) is 50.9 Å². The fraction of sp³-hybridized carbons (Fsp3) is 0.273. The first-order valence-corrected chi connectivity index (χ1v) is 6.12. The Bertz CT molecular complexity index is 835. The van der Waals surface area contributed by atoms with Gasteiger partial charge in [-0.15, -0.1) is 5.10 Å². The largest absolute Gasteiger partial charge is 0.506 e. The zero-order chi connectivity index (χ0) is 15.9. The molecule has 1 aliphatic rings. The molecule has 22 heavy (non-hydrogen) atoms. The van der Waals surface area contributed by atoms with E-state index < -0.39 is 35.9 Å². The summed E-state index contributed by atoms with van der Waals surface area (Å²) in [5.74, 6) is -0.828. The van der Waals surface area contributed by atoms with Gasteiger partial charge in [-0.1, -0.05) is 5.21 Å². The topological polar surface area (TPSA) is 155 Å². The highest BCUT2D eigenvalue weighted by molar-refractivity contribution is 5.24. The number of aromatic amines is 1. The van der Waals surface area contributed by atoms with Crippen LogP contribution in [0.2, 0.25) is 0 Å². The van der Waals surface area contributed by atoms with Gasteiger partial charge in [0.2, 0.25) is 6.23 Å². The highest BCUT2D eigenvalue weighted by Gasteiger charge is 2.37. The standard InChI is InChI=1S/C11H11N5O6/c17-4-6-7(18)8(19)10(22-6)15-3-5(9(20)13-11(15)21)16-2-1-12-14-16/h1-3,8,10,17-19H,4H2,(H,13,20,21)/t8?,10-/m1/s1. The molecule has 0 bridgehead atoms. The van der Waals surface area contributed by atoms with Crippen molar-refractivity contribution in [3.63, 3.8) is 0 Å². The van der Waals surface area contributed by atoms with Crippen molar-refractivity contribution in [2.24, 2.45) is 0 Å². The number of rotatable bonds is 3. The molecule has 3 heterocycles. The molecule has 2 aromatic heterocycles. The Morgan fingerprint density at radius 1 is 1.41 bits per heavy atom. The van der Waals surface area contributed by atoms with Gasteiger partial charge in [-0.2, -0.15) is 0 Å². The van der Waals surface area contributed by atoms with Crippen molar-refractivity contribution in [3.8, 4) is 5.69 Å². The van der Waals surface area contributed by atoms with Gasteiger partial charge in [0, 0.05) is 6.20 Å². The lowest BCUT2D eigenvalue weighted by atomic mass is 10.2. The molecule has 116 valence electrons. The molecular weight excluding hydrogens is 298 g/mol. The SMILES string of the molecule is O=c1[nH]c(=O)n([C@@H]2OC(CO)=C(O)C2O)cc1-n1ccnn1. The van der Waals surface area contributed by atoms with Crippen LogP contribution in [0.1, 0.15) is 6.23 Å². The summed E-state index contributed by atoms with van der Waals surface area (Å²) >= 11 is 0. The van der Waals surface area contributed by atoms with Crippen LogP contribution in [0, 0.1) is 0 Å². The van der Waals surface area contributed by atoms with Crippen LogP contribution in [0.4, 0.5) is 0 Å². The average Bonchev–Trinajstić information content (AvgIpc) is 3.10. The Kier molecular flexibility index (Phi) is 3.27. The minimum absolute atomic E-state index is 0.0372. The third-order valence-electron chi connectivity index (χ3n) is 3.14. The number of nitrogens with zero attached hydrogens (tertiary/aromatic N) is 4. The molecular formula is C11H11N5O6. The molecule has 1 aliphatic heterocycles. The third-order valence-corrected chi connectivity index (χ3v) is 3.14. The first-order valence-electron chi connectivity index (χ1n) is 6.12. The van der Waals surface area contributed by atoms with Gasteiger partial charge in [-0.25, -0.2) is 9.48 Å². The van der Waals surface area contributed by atoms with Crippen molar-refractivity contribution in [1.29, 1.82) is 0 Å². The molecule has 1 unspecified atom stereocenters. The quantitative estimate of drug-likeness (QED) is 0.496. The highest BCUT2D eigenvalue weighted by Crippen LogP contribution is 2.29. The number of hydrogen-bond acceptors (Lipinski definition) is 8. The first kappa shape index (κ1) is 14.0. The number of nitrogens with one attached hydrogen (secondary N) is 1. The Balaban J connectivity index is 2.08. The van der Waals surface area contributed by atoms with Crippen LogP contribution in [0.15, 0.2) is 39.7 Å². The van der Waals surface area contributed by atoms with E-state index in [1.54, 1.807) is 0 Å². The van der Waals surface area contributed by atoms with Gasteiger partial charge in [0.15, 0.2) is 17.6 Å².